The number of amides is 1. The van der Waals surface area contributed by atoms with Crippen LogP contribution in [0.4, 0.5) is 0 Å². The van der Waals surface area contributed by atoms with Gasteiger partial charge in [-0.2, -0.15) is 0 Å². The van der Waals surface area contributed by atoms with Gasteiger partial charge in [-0.3, -0.25) is 9.69 Å². The van der Waals surface area contributed by atoms with E-state index in [2.05, 4.69) is 26.5 Å². The molecule has 1 fully saturated rings. The highest BCUT2D eigenvalue weighted by molar-refractivity contribution is 6.30. The second kappa shape index (κ2) is 9.76. The van der Waals surface area contributed by atoms with Gasteiger partial charge in [-0.25, -0.2) is 4.68 Å². The molecule has 0 bridgehead atoms. The van der Waals surface area contributed by atoms with Crippen molar-refractivity contribution in [2.75, 3.05) is 33.0 Å². The minimum absolute atomic E-state index is 0.0371. The third-order valence-electron chi connectivity index (χ3n) is 6.13. The lowest BCUT2D eigenvalue weighted by Gasteiger charge is -2.35. The standard InChI is InChI=1S/C23H25ClN6O3/c24-20-4-2-18(3-5-20)19(14-30-15-25-26-27-30)12-23(31)29-9-7-28(8-10-29)13-17-1-6-21-22(11-17)33-16-32-21/h1-6,11,15,19H,7-10,12-14,16H2. The third kappa shape index (κ3) is 5.26. The summed E-state index contributed by atoms with van der Waals surface area (Å²) in [6.45, 7) is 4.72. The molecule has 3 heterocycles. The molecule has 0 N–H and O–H groups in total. The van der Waals surface area contributed by atoms with Crippen molar-refractivity contribution in [2.24, 2.45) is 0 Å². The summed E-state index contributed by atoms with van der Waals surface area (Å²) >= 11 is 6.06. The van der Waals surface area contributed by atoms with Crippen molar-refractivity contribution < 1.29 is 14.3 Å². The van der Waals surface area contributed by atoms with Gasteiger partial charge in [0, 0.05) is 50.1 Å². The summed E-state index contributed by atoms with van der Waals surface area (Å²) in [6.07, 6.45) is 1.96. The van der Waals surface area contributed by atoms with Crippen LogP contribution < -0.4 is 9.47 Å². The van der Waals surface area contributed by atoms with Gasteiger partial charge in [0.1, 0.15) is 6.33 Å². The fourth-order valence-corrected chi connectivity index (χ4v) is 4.43. The molecule has 1 unspecified atom stereocenters. The van der Waals surface area contributed by atoms with E-state index in [0.29, 0.717) is 31.1 Å². The molecule has 33 heavy (non-hydrogen) atoms. The van der Waals surface area contributed by atoms with E-state index in [1.807, 2.05) is 41.3 Å². The van der Waals surface area contributed by atoms with E-state index in [1.54, 1.807) is 11.0 Å². The van der Waals surface area contributed by atoms with Crippen LogP contribution in [0.25, 0.3) is 0 Å². The number of carbonyl (C=O) groups is 1. The monoisotopic (exact) mass is 468 g/mol. The first kappa shape index (κ1) is 21.7. The van der Waals surface area contributed by atoms with E-state index in [4.69, 9.17) is 21.1 Å². The molecule has 1 saturated heterocycles. The van der Waals surface area contributed by atoms with Crippen LogP contribution >= 0.6 is 11.6 Å². The highest BCUT2D eigenvalue weighted by Crippen LogP contribution is 2.33. The Labute approximate surface area is 196 Å². The topological polar surface area (TPSA) is 85.6 Å². The second-order valence-electron chi connectivity index (χ2n) is 8.33. The zero-order chi connectivity index (χ0) is 22.6. The molecule has 9 nitrogen and oxygen atoms in total. The van der Waals surface area contributed by atoms with Crippen LogP contribution in [0, 0.1) is 0 Å². The molecule has 0 spiro atoms. The number of fused-ring (bicyclic) bond motifs is 1. The van der Waals surface area contributed by atoms with Crippen LogP contribution in [0.3, 0.4) is 0 Å². The predicted octanol–water partition coefficient (Wildman–Crippen LogP) is 2.57. The summed E-state index contributed by atoms with van der Waals surface area (Å²) in [7, 11) is 0. The fraction of sp³-hybridized carbons (Fsp3) is 0.391. The quantitative estimate of drug-likeness (QED) is 0.526. The molecular weight excluding hydrogens is 444 g/mol. The predicted molar refractivity (Wildman–Crippen MR) is 121 cm³/mol. The number of aromatic nitrogens is 4. The molecule has 1 amide bonds. The molecule has 5 rings (SSSR count). The Morgan fingerprint density at radius 2 is 1.82 bits per heavy atom. The van der Waals surface area contributed by atoms with Crippen molar-refractivity contribution in [1.82, 2.24) is 30.0 Å². The molecule has 172 valence electrons. The molecule has 1 aromatic heterocycles. The van der Waals surface area contributed by atoms with E-state index in [1.165, 1.54) is 5.56 Å². The number of ether oxygens (including phenoxy) is 2. The van der Waals surface area contributed by atoms with Crippen LogP contribution in [0.1, 0.15) is 23.5 Å². The minimum Gasteiger partial charge on any atom is -0.454 e. The number of halogens is 1. The number of hydrogen-bond acceptors (Lipinski definition) is 7. The highest BCUT2D eigenvalue weighted by atomic mass is 35.5. The minimum atomic E-state index is -0.0371. The summed E-state index contributed by atoms with van der Waals surface area (Å²) < 4.78 is 12.5. The molecule has 0 radical (unpaired) electrons. The number of benzene rings is 2. The van der Waals surface area contributed by atoms with Crippen molar-refractivity contribution >= 4 is 17.5 Å². The van der Waals surface area contributed by atoms with Gasteiger partial charge >= 0.3 is 0 Å². The molecule has 0 saturated carbocycles. The Morgan fingerprint density at radius 1 is 1.03 bits per heavy atom. The SMILES string of the molecule is O=C(CC(Cn1cnnn1)c1ccc(Cl)cc1)N1CCN(Cc2ccc3c(c2)OCO3)CC1. The Bertz CT molecular complexity index is 1080. The van der Waals surface area contributed by atoms with Crippen molar-refractivity contribution in [3.8, 4) is 11.5 Å². The second-order valence-corrected chi connectivity index (χ2v) is 8.77. The lowest BCUT2D eigenvalue weighted by molar-refractivity contribution is -0.133. The lowest BCUT2D eigenvalue weighted by Crippen LogP contribution is -2.48. The summed E-state index contributed by atoms with van der Waals surface area (Å²) in [6, 6.07) is 13.7. The lowest BCUT2D eigenvalue weighted by atomic mass is 9.95. The summed E-state index contributed by atoms with van der Waals surface area (Å²) in [5.41, 5.74) is 2.23. The van der Waals surface area contributed by atoms with Gasteiger partial charge < -0.3 is 14.4 Å². The zero-order valence-electron chi connectivity index (χ0n) is 18.1. The Kier molecular flexibility index (Phi) is 6.41. The molecule has 0 aliphatic carbocycles. The van der Waals surface area contributed by atoms with Crippen LogP contribution in [0.5, 0.6) is 11.5 Å². The molecule has 2 aromatic carbocycles. The Hall–Kier alpha value is -3.17. The van der Waals surface area contributed by atoms with Crippen LogP contribution in [-0.2, 0) is 17.9 Å². The Morgan fingerprint density at radius 3 is 2.58 bits per heavy atom. The first-order valence-corrected chi connectivity index (χ1v) is 11.4. The van der Waals surface area contributed by atoms with Crippen molar-refractivity contribution in [3.63, 3.8) is 0 Å². The van der Waals surface area contributed by atoms with Crippen molar-refractivity contribution in [2.45, 2.75) is 25.4 Å². The molecule has 3 aromatic rings. The van der Waals surface area contributed by atoms with Crippen LogP contribution in [-0.4, -0.2) is 68.9 Å². The molecular formula is C23H25ClN6O3. The van der Waals surface area contributed by atoms with Crippen LogP contribution in [0.15, 0.2) is 48.8 Å². The average Bonchev–Trinajstić information content (AvgIpc) is 3.51. The third-order valence-corrected chi connectivity index (χ3v) is 6.38. The van der Waals surface area contributed by atoms with E-state index in [0.717, 1.165) is 36.7 Å². The maximum absolute atomic E-state index is 13.2. The smallest absolute Gasteiger partial charge is 0.231 e. The van der Waals surface area contributed by atoms with Gasteiger partial charge in [0.25, 0.3) is 0 Å². The summed E-state index contributed by atoms with van der Waals surface area (Å²) in [5.74, 6) is 1.71. The Balaban J connectivity index is 1.18. The van der Waals surface area contributed by atoms with Gasteiger partial charge in [-0.05, 0) is 45.8 Å². The number of piperazine rings is 1. The van der Waals surface area contributed by atoms with Gasteiger partial charge in [0.15, 0.2) is 11.5 Å². The molecule has 10 heteroatoms. The van der Waals surface area contributed by atoms with E-state index in [-0.39, 0.29) is 18.6 Å². The van der Waals surface area contributed by atoms with E-state index < -0.39 is 0 Å². The number of tetrazole rings is 1. The molecule has 2 aliphatic rings. The van der Waals surface area contributed by atoms with Crippen molar-refractivity contribution in [1.29, 1.82) is 0 Å². The normalized spacial score (nSPS) is 16.7. The molecule has 2 aliphatic heterocycles. The van der Waals surface area contributed by atoms with E-state index in [9.17, 15) is 4.79 Å². The van der Waals surface area contributed by atoms with Gasteiger partial charge in [-0.15, -0.1) is 5.10 Å². The van der Waals surface area contributed by atoms with Gasteiger partial charge in [0.2, 0.25) is 12.7 Å². The van der Waals surface area contributed by atoms with E-state index >= 15 is 0 Å². The van der Waals surface area contributed by atoms with Crippen LogP contribution in [0.2, 0.25) is 5.02 Å². The number of hydrogen-bond donors (Lipinski definition) is 0. The molecule has 1 atom stereocenters. The fourth-order valence-electron chi connectivity index (χ4n) is 4.31. The number of carbonyl (C=O) groups excluding carboxylic acids is 1. The first-order valence-electron chi connectivity index (χ1n) is 11.0. The van der Waals surface area contributed by atoms with Gasteiger partial charge in [-0.1, -0.05) is 29.8 Å². The maximum atomic E-state index is 13.2. The summed E-state index contributed by atoms with van der Waals surface area (Å²) in [5, 5.41) is 12.1. The average molecular weight is 469 g/mol. The summed E-state index contributed by atoms with van der Waals surface area (Å²) in [4.78, 5) is 17.5. The largest absolute Gasteiger partial charge is 0.454 e. The number of nitrogens with zero attached hydrogens (tertiary/aromatic N) is 6. The zero-order valence-corrected chi connectivity index (χ0v) is 18.9. The first-order chi connectivity index (χ1) is 16.1. The number of rotatable bonds is 7. The van der Waals surface area contributed by atoms with Crippen molar-refractivity contribution in [3.05, 3.63) is 64.9 Å². The highest BCUT2D eigenvalue weighted by Gasteiger charge is 2.25. The maximum Gasteiger partial charge on any atom is 0.231 e. The van der Waals surface area contributed by atoms with Gasteiger partial charge in [0.05, 0.1) is 6.54 Å².